The molecule has 1 fully saturated rings. The Morgan fingerprint density at radius 1 is 1.09 bits per heavy atom. The maximum absolute atomic E-state index is 13.9. The first-order valence-electron chi connectivity index (χ1n) is 11.0. The second-order valence-electron chi connectivity index (χ2n) is 8.63. The van der Waals surface area contributed by atoms with Crippen molar-refractivity contribution in [1.82, 2.24) is 9.47 Å². The van der Waals surface area contributed by atoms with Crippen LogP contribution in [0, 0.1) is 11.6 Å². The summed E-state index contributed by atoms with van der Waals surface area (Å²) in [7, 11) is -4.16. The smallest absolute Gasteiger partial charge is 0.242 e. The number of nitrogens with zero attached hydrogens (tertiary/aromatic N) is 2. The SMILES string of the molecule is CC1CN(C(=O)Cn2cc(S(=O)(=O)CC(=O)Nc3ccc(F)cc3F)c3ccccc32)CC(C)O1. The van der Waals surface area contributed by atoms with Gasteiger partial charge in [-0.3, -0.25) is 9.59 Å². The summed E-state index contributed by atoms with van der Waals surface area (Å²) < 4.78 is 60.4. The minimum Gasteiger partial charge on any atom is -0.372 e. The molecule has 0 bridgehead atoms. The van der Waals surface area contributed by atoms with E-state index in [0.29, 0.717) is 30.1 Å². The minimum atomic E-state index is -4.16. The predicted molar refractivity (Wildman–Crippen MR) is 126 cm³/mol. The van der Waals surface area contributed by atoms with Crippen LogP contribution >= 0.6 is 0 Å². The lowest BCUT2D eigenvalue weighted by Crippen LogP contribution is -2.49. The van der Waals surface area contributed by atoms with E-state index in [1.54, 1.807) is 33.7 Å². The van der Waals surface area contributed by atoms with Crippen LogP contribution in [0.4, 0.5) is 14.5 Å². The van der Waals surface area contributed by atoms with E-state index in [-0.39, 0.29) is 35.2 Å². The largest absolute Gasteiger partial charge is 0.372 e. The Labute approximate surface area is 201 Å². The second-order valence-corrected chi connectivity index (χ2v) is 10.6. The first-order chi connectivity index (χ1) is 16.5. The third-order valence-electron chi connectivity index (χ3n) is 5.69. The van der Waals surface area contributed by atoms with Crippen molar-refractivity contribution in [2.75, 3.05) is 24.2 Å². The number of sulfone groups is 1. The maximum Gasteiger partial charge on any atom is 0.242 e. The van der Waals surface area contributed by atoms with Gasteiger partial charge in [-0.1, -0.05) is 18.2 Å². The van der Waals surface area contributed by atoms with Gasteiger partial charge in [0.25, 0.3) is 0 Å². The number of para-hydroxylation sites is 1. The second kappa shape index (κ2) is 9.74. The van der Waals surface area contributed by atoms with Gasteiger partial charge in [0.05, 0.1) is 22.8 Å². The van der Waals surface area contributed by atoms with E-state index in [0.717, 1.165) is 12.1 Å². The fourth-order valence-corrected chi connectivity index (χ4v) is 5.61. The topological polar surface area (TPSA) is 97.7 Å². The number of rotatable bonds is 6. The molecule has 3 aromatic rings. The molecule has 8 nitrogen and oxygen atoms in total. The van der Waals surface area contributed by atoms with Crippen LogP contribution in [0.3, 0.4) is 0 Å². The molecule has 186 valence electrons. The number of hydrogen-bond acceptors (Lipinski definition) is 5. The van der Waals surface area contributed by atoms with Crippen LogP contribution in [-0.2, 0) is 30.7 Å². The predicted octanol–water partition coefficient (Wildman–Crippen LogP) is 2.97. The summed E-state index contributed by atoms with van der Waals surface area (Å²) in [6.07, 6.45) is 1.13. The highest BCUT2D eigenvalue weighted by Gasteiger charge is 2.28. The summed E-state index contributed by atoms with van der Waals surface area (Å²) >= 11 is 0. The van der Waals surface area contributed by atoms with Crippen molar-refractivity contribution in [3.63, 3.8) is 0 Å². The zero-order valence-electron chi connectivity index (χ0n) is 19.2. The first-order valence-corrected chi connectivity index (χ1v) is 12.7. The molecule has 0 saturated carbocycles. The van der Waals surface area contributed by atoms with Crippen LogP contribution in [0.2, 0.25) is 0 Å². The van der Waals surface area contributed by atoms with Gasteiger partial charge in [0.1, 0.15) is 23.9 Å². The summed E-state index contributed by atoms with van der Waals surface area (Å²) in [5.74, 6) is -3.94. The number of ether oxygens (including phenoxy) is 1. The zero-order valence-corrected chi connectivity index (χ0v) is 20.0. The van der Waals surface area contributed by atoms with Crippen LogP contribution in [0.15, 0.2) is 53.6 Å². The summed E-state index contributed by atoms with van der Waals surface area (Å²) in [6.45, 7) is 4.56. The van der Waals surface area contributed by atoms with Crippen LogP contribution in [0.5, 0.6) is 0 Å². The molecule has 2 unspecified atom stereocenters. The van der Waals surface area contributed by atoms with Crippen molar-refractivity contribution in [2.24, 2.45) is 0 Å². The number of halogens is 2. The van der Waals surface area contributed by atoms with Gasteiger partial charge in [0.2, 0.25) is 11.8 Å². The molecule has 1 N–H and O–H groups in total. The van der Waals surface area contributed by atoms with Gasteiger partial charge < -0.3 is 19.5 Å². The van der Waals surface area contributed by atoms with Gasteiger partial charge in [0.15, 0.2) is 9.84 Å². The number of amides is 2. The minimum absolute atomic E-state index is 0.0809. The average molecular weight is 506 g/mol. The zero-order chi connectivity index (χ0) is 25.3. The van der Waals surface area contributed by atoms with E-state index >= 15 is 0 Å². The number of morpholine rings is 1. The molecule has 2 heterocycles. The Hall–Kier alpha value is -3.31. The Balaban J connectivity index is 1.57. The highest BCUT2D eigenvalue weighted by molar-refractivity contribution is 7.92. The molecule has 1 aliphatic heterocycles. The molecular formula is C24H25F2N3O5S. The maximum atomic E-state index is 13.9. The monoisotopic (exact) mass is 505 g/mol. The highest BCUT2D eigenvalue weighted by Crippen LogP contribution is 2.27. The summed E-state index contributed by atoms with van der Waals surface area (Å²) in [6, 6.07) is 9.23. The van der Waals surface area contributed by atoms with Crippen molar-refractivity contribution >= 4 is 38.2 Å². The van der Waals surface area contributed by atoms with Crippen LogP contribution in [0.25, 0.3) is 10.9 Å². The molecule has 2 amide bonds. The fraction of sp³-hybridized carbons (Fsp3) is 0.333. The van der Waals surface area contributed by atoms with Gasteiger partial charge in [-0.15, -0.1) is 0 Å². The summed E-state index contributed by atoms with van der Waals surface area (Å²) in [5, 5.41) is 2.53. The van der Waals surface area contributed by atoms with Gasteiger partial charge in [0, 0.05) is 36.3 Å². The third-order valence-corrected chi connectivity index (χ3v) is 7.33. The van der Waals surface area contributed by atoms with Crippen molar-refractivity contribution in [3.05, 3.63) is 60.3 Å². The lowest BCUT2D eigenvalue weighted by Gasteiger charge is -2.35. The normalized spacial score (nSPS) is 18.6. The number of fused-ring (bicyclic) bond motifs is 1. The number of hydrogen-bond donors (Lipinski definition) is 1. The number of aromatic nitrogens is 1. The Morgan fingerprint density at radius 3 is 2.46 bits per heavy atom. The molecule has 35 heavy (non-hydrogen) atoms. The van der Waals surface area contributed by atoms with Crippen LogP contribution in [0.1, 0.15) is 13.8 Å². The van der Waals surface area contributed by atoms with Gasteiger partial charge in [-0.25, -0.2) is 17.2 Å². The van der Waals surface area contributed by atoms with E-state index in [2.05, 4.69) is 5.32 Å². The molecule has 0 radical (unpaired) electrons. The Bertz CT molecular complexity index is 1380. The van der Waals surface area contributed by atoms with Crippen molar-refractivity contribution < 1.29 is 31.5 Å². The molecule has 11 heteroatoms. The molecule has 1 aliphatic rings. The molecule has 2 aromatic carbocycles. The summed E-state index contributed by atoms with van der Waals surface area (Å²) in [4.78, 5) is 26.9. The molecule has 2 atom stereocenters. The standard InChI is InChI=1S/C24H25F2N3O5S/c1-15-10-29(11-16(2)34-15)24(31)13-28-12-22(18-5-3-4-6-21(18)28)35(32,33)14-23(30)27-20-8-7-17(25)9-19(20)26/h3-9,12,15-16H,10-11,13-14H2,1-2H3,(H,27,30). The number of carbonyl (C=O) groups excluding carboxylic acids is 2. The molecule has 1 aromatic heterocycles. The van der Waals surface area contributed by atoms with Gasteiger partial charge in [-0.2, -0.15) is 0 Å². The number of anilines is 1. The molecule has 4 rings (SSSR count). The van der Waals surface area contributed by atoms with Crippen molar-refractivity contribution in [2.45, 2.75) is 37.5 Å². The lowest BCUT2D eigenvalue weighted by atomic mass is 10.2. The molecule has 1 saturated heterocycles. The fourth-order valence-electron chi connectivity index (χ4n) is 4.25. The Morgan fingerprint density at radius 2 is 1.77 bits per heavy atom. The Kier molecular flexibility index (Phi) is 6.91. The number of nitrogens with one attached hydrogen (secondary N) is 1. The number of carbonyl (C=O) groups is 2. The van der Waals surface area contributed by atoms with Gasteiger partial charge >= 0.3 is 0 Å². The third kappa shape index (κ3) is 5.51. The molecular weight excluding hydrogens is 480 g/mol. The summed E-state index contributed by atoms with van der Waals surface area (Å²) in [5.41, 5.74) is 0.201. The van der Waals surface area contributed by atoms with Crippen LogP contribution in [-0.4, -0.2) is 60.7 Å². The van der Waals surface area contributed by atoms with Crippen LogP contribution < -0.4 is 5.32 Å². The van der Waals surface area contributed by atoms with E-state index in [1.807, 2.05) is 13.8 Å². The van der Waals surface area contributed by atoms with E-state index in [9.17, 15) is 26.8 Å². The van der Waals surface area contributed by atoms with E-state index in [4.69, 9.17) is 4.74 Å². The van der Waals surface area contributed by atoms with Crippen molar-refractivity contribution in [3.8, 4) is 0 Å². The quantitative estimate of drug-likeness (QED) is 0.556. The lowest BCUT2D eigenvalue weighted by molar-refractivity contribution is -0.143. The van der Waals surface area contributed by atoms with Gasteiger partial charge in [-0.05, 0) is 32.0 Å². The average Bonchev–Trinajstić information content (AvgIpc) is 3.14. The first kappa shape index (κ1) is 24.8. The molecule has 0 spiro atoms. The van der Waals surface area contributed by atoms with Crippen molar-refractivity contribution in [1.29, 1.82) is 0 Å². The number of benzene rings is 2. The highest BCUT2D eigenvalue weighted by atomic mass is 32.2. The van der Waals surface area contributed by atoms with E-state index < -0.39 is 33.1 Å². The van der Waals surface area contributed by atoms with E-state index in [1.165, 1.54) is 6.20 Å². The molecule has 0 aliphatic carbocycles.